The van der Waals surface area contributed by atoms with E-state index in [1.165, 1.54) is 29.8 Å². The normalized spacial score (nSPS) is 12.0. The van der Waals surface area contributed by atoms with Crippen molar-refractivity contribution >= 4 is 18.1 Å². The molecule has 3 N–H and O–H groups in total. The highest BCUT2D eigenvalue weighted by Crippen LogP contribution is 2.26. The van der Waals surface area contributed by atoms with Gasteiger partial charge in [0.15, 0.2) is 0 Å². The number of hydrogen-bond acceptors (Lipinski definition) is 3. The molecule has 3 aromatic rings. The molecular weight excluding hydrogens is 389 g/mol. The number of ether oxygens (including phenoxy) is 1. The summed E-state index contributed by atoms with van der Waals surface area (Å²) < 4.78 is 40.5. The van der Waals surface area contributed by atoms with E-state index >= 15 is 0 Å². The van der Waals surface area contributed by atoms with Crippen molar-refractivity contribution in [1.82, 2.24) is 0 Å². The van der Waals surface area contributed by atoms with Crippen LogP contribution in [0.15, 0.2) is 78.9 Å². The minimum absolute atomic E-state index is 0. The molecule has 3 rings (SSSR count). The first-order valence-corrected chi connectivity index (χ1v) is 8.40. The van der Waals surface area contributed by atoms with Gasteiger partial charge in [-0.25, -0.2) is 0 Å². The van der Waals surface area contributed by atoms with Gasteiger partial charge in [0, 0.05) is 12.2 Å². The zero-order valence-corrected chi connectivity index (χ0v) is 15.6. The maximum Gasteiger partial charge on any atom is 0.573 e. The number of hydrogen-bond donors (Lipinski definition) is 2. The van der Waals surface area contributed by atoms with Crippen molar-refractivity contribution in [2.45, 2.75) is 18.9 Å². The van der Waals surface area contributed by atoms with Crippen LogP contribution in [-0.2, 0) is 6.54 Å². The molecule has 3 nitrogen and oxygen atoms in total. The average molecular weight is 409 g/mol. The SMILES string of the molecule is Cl.N[C@H](c1ccc(NCc2ccccc2)cc1)c1ccc(OC(F)(F)F)cc1. The minimum atomic E-state index is -4.70. The third-order valence-electron chi connectivity index (χ3n) is 4.08. The van der Waals surface area contributed by atoms with Gasteiger partial charge in [-0.2, -0.15) is 0 Å². The molecule has 3 aromatic carbocycles. The quantitative estimate of drug-likeness (QED) is 0.552. The van der Waals surface area contributed by atoms with E-state index in [9.17, 15) is 13.2 Å². The van der Waals surface area contributed by atoms with Crippen LogP contribution in [0, 0.1) is 0 Å². The lowest BCUT2D eigenvalue weighted by atomic mass is 9.99. The van der Waals surface area contributed by atoms with Crippen molar-refractivity contribution in [2.24, 2.45) is 5.73 Å². The summed E-state index contributed by atoms with van der Waals surface area (Å²) >= 11 is 0. The fourth-order valence-electron chi connectivity index (χ4n) is 2.68. The predicted molar refractivity (Wildman–Crippen MR) is 107 cm³/mol. The Kier molecular flexibility index (Phi) is 7.31. The van der Waals surface area contributed by atoms with Gasteiger partial charge in [0.1, 0.15) is 5.75 Å². The summed E-state index contributed by atoms with van der Waals surface area (Å²) in [6, 6.07) is 22.9. The molecule has 0 fully saturated rings. The molecule has 0 unspecified atom stereocenters. The van der Waals surface area contributed by atoms with Gasteiger partial charge in [0.25, 0.3) is 0 Å². The molecule has 28 heavy (non-hydrogen) atoms. The van der Waals surface area contributed by atoms with E-state index in [0.29, 0.717) is 12.1 Å². The molecule has 148 valence electrons. The fraction of sp³-hybridized carbons (Fsp3) is 0.143. The van der Waals surface area contributed by atoms with Gasteiger partial charge in [0.05, 0.1) is 6.04 Å². The summed E-state index contributed by atoms with van der Waals surface area (Å²) in [5.41, 5.74) is 9.94. The first kappa shape index (κ1) is 21.6. The third-order valence-corrected chi connectivity index (χ3v) is 4.08. The average Bonchev–Trinajstić information content (AvgIpc) is 2.66. The van der Waals surface area contributed by atoms with Crippen LogP contribution >= 0.6 is 12.4 Å². The molecule has 0 aliphatic rings. The van der Waals surface area contributed by atoms with Crippen LogP contribution < -0.4 is 15.8 Å². The number of nitrogens with one attached hydrogen (secondary N) is 1. The van der Waals surface area contributed by atoms with Gasteiger partial charge in [-0.3, -0.25) is 0 Å². The second kappa shape index (κ2) is 9.48. The van der Waals surface area contributed by atoms with Crippen LogP contribution in [0.5, 0.6) is 5.75 Å². The maximum absolute atomic E-state index is 12.2. The molecule has 0 aromatic heterocycles. The zero-order valence-electron chi connectivity index (χ0n) is 14.8. The predicted octanol–water partition coefficient (Wildman–Crippen LogP) is 5.67. The van der Waals surface area contributed by atoms with Crippen LogP contribution in [0.4, 0.5) is 18.9 Å². The monoisotopic (exact) mass is 408 g/mol. The van der Waals surface area contributed by atoms with Crippen molar-refractivity contribution in [3.8, 4) is 5.75 Å². The van der Waals surface area contributed by atoms with Gasteiger partial charge in [0.2, 0.25) is 0 Å². The molecule has 0 radical (unpaired) electrons. The molecule has 0 aliphatic heterocycles. The van der Waals surface area contributed by atoms with Crippen molar-refractivity contribution in [3.05, 3.63) is 95.6 Å². The van der Waals surface area contributed by atoms with Crippen LogP contribution in [0.3, 0.4) is 0 Å². The Morgan fingerprint density at radius 1 is 0.821 bits per heavy atom. The van der Waals surface area contributed by atoms with E-state index in [0.717, 1.165) is 11.3 Å². The van der Waals surface area contributed by atoms with E-state index in [2.05, 4.69) is 10.1 Å². The van der Waals surface area contributed by atoms with E-state index < -0.39 is 12.4 Å². The lowest BCUT2D eigenvalue weighted by molar-refractivity contribution is -0.274. The summed E-state index contributed by atoms with van der Waals surface area (Å²) in [6.45, 7) is 0.715. The number of benzene rings is 3. The summed E-state index contributed by atoms with van der Waals surface area (Å²) in [6.07, 6.45) is -4.70. The summed E-state index contributed by atoms with van der Waals surface area (Å²) in [5.74, 6) is -0.265. The second-order valence-electron chi connectivity index (χ2n) is 6.06. The Morgan fingerprint density at radius 2 is 1.36 bits per heavy atom. The van der Waals surface area contributed by atoms with Gasteiger partial charge in [-0.15, -0.1) is 25.6 Å². The Balaban J connectivity index is 0.00000280. The Morgan fingerprint density at radius 3 is 1.89 bits per heavy atom. The second-order valence-corrected chi connectivity index (χ2v) is 6.06. The van der Waals surface area contributed by atoms with E-state index in [4.69, 9.17) is 5.73 Å². The highest BCUT2D eigenvalue weighted by atomic mass is 35.5. The van der Waals surface area contributed by atoms with Gasteiger partial charge in [-0.05, 0) is 41.0 Å². The molecule has 1 atom stereocenters. The summed E-state index contributed by atoms with van der Waals surface area (Å²) in [7, 11) is 0. The Bertz CT molecular complexity index is 854. The summed E-state index contributed by atoms with van der Waals surface area (Å²) in [5, 5.41) is 3.33. The molecule has 0 aliphatic carbocycles. The highest BCUT2D eigenvalue weighted by Gasteiger charge is 2.31. The third kappa shape index (κ3) is 6.18. The van der Waals surface area contributed by atoms with E-state index in [-0.39, 0.29) is 18.2 Å². The first-order chi connectivity index (χ1) is 12.9. The number of anilines is 1. The molecule has 7 heteroatoms. The lowest BCUT2D eigenvalue weighted by Gasteiger charge is -2.15. The van der Waals surface area contributed by atoms with Gasteiger partial charge >= 0.3 is 6.36 Å². The standard InChI is InChI=1S/C21H19F3N2O.ClH/c22-21(23,24)27-19-12-8-17(9-13-19)20(25)16-6-10-18(11-7-16)26-14-15-4-2-1-3-5-15;/h1-13,20,26H,14,25H2;1H/t20-;/m1./s1. The number of rotatable bonds is 6. The van der Waals surface area contributed by atoms with Crippen molar-refractivity contribution < 1.29 is 17.9 Å². The lowest BCUT2D eigenvalue weighted by Crippen LogP contribution is -2.17. The molecule has 0 spiro atoms. The smallest absolute Gasteiger partial charge is 0.406 e. The molecule has 0 saturated heterocycles. The number of halogens is 4. The Hall–Kier alpha value is -2.70. The topological polar surface area (TPSA) is 47.3 Å². The molecule has 0 saturated carbocycles. The van der Waals surface area contributed by atoms with Crippen molar-refractivity contribution in [1.29, 1.82) is 0 Å². The minimum Gasteiger partial charge on any atom is -0.406 e. The number of alkyl halides is 3. The van der Waals surface area contributed by atoms with Crippen molar-refractivity contribution in [3.63, 3.8) is 0 Å². The number of nitrogens with two attached hydrogens (primary N) is 1. The Labute approximate surface area is 167 Å². The van der Waals surface area contributed by atoms with Gasteiger partial charge < -0.3 is 15.8 Å². The van der Waals surface area contributed by atoms with Gasteiger partial charge in [-0.1, -0.05) is 54.6 Å². The fourth-order valence-corrected chi connectivity index (χ4v) is 2.68. The summed E-state index contributed by atoms with van der Waals surface area (Å²) in [4.78, 5) is 0. The van der Waals surface area contributed by atoms with Crippen LogP contribution in [0.25, 0.3) is 0 Å². The molecule has 0 bridgehead atoms. The first-order valence-electron chi connectivity index (χ1n) is 8.40. The van der Waals surface area contributed by atoms with Crippen LogP contribution in [-0.4, -0.2) is 6.36 Å². The molecule has 0 heterocycles. The van der Waals surface area contributed by atoms with Crippen LogP contribution in [0.1, 0.15) is 22.7 Å². The zero-order chi connectivity index (χ0) is 19.3. The highest BCUT2D eigenvalue weighted by molar-refractivity contribution is 5.85. The molecular formula is C21H20ClF3N2O. The van der Waals surface area contributed by atoms with E-state index in [1.807, 2.05) is 54.6 Å². The molecule has 0 amide bonds. The van der Waals surface area contributed by atoms with Crippen LogP contribution in [0.2, 0.25) is 0 Å². The van der Waals surface area contributed by atoms with E-state index in [1.54, 1.807) is 0 Å². The maximum atomic E-state index is 12.2. The van der Waals surface area contributed by atoms with Crippen molar-refractivity contribution in [2.75, 3.05) is 5.32 Å². The largest absolute Gasteiger partial charge is 0.573 e.